The third-order valence-electron chi connectivity index (χ3n) is 4.68. The first kappa shape index (κ1) is 23.3. The number of rotatable bonds is 7. The zero-order valence-corrected chi connectivity index (χ0v) is 18.8. The van der Waals surface area contributed by atoms with E-state index in [2.05, 4.69) is 20.6 Å². The van der Waals surface area contributed by atoms with Crippen LogP contribution in [-0.4, -0.2) is 52.4 Å². The van der Waals surface area contributed by atoms with Crippen LogP contribution in [0.2, 0.25) is 0 Å². The molecule has 0 radical (unpaired) electrons. The van der Waals surface area contributed by atoms with E-state index in [-0.39, 0.29) is 18.1 Å². The summed E-state index contributed by atoms with van der Waals surface area (Å²) < 4.78 is 11.0. The summed E-state index contributed by atoms with van der Waals surface area (Å²) >= 11 is 0. The Hall–Kier alpha value is -3.40. The predicted molar refractivity (Wildman–Crippen MR) is 119 cm³/mol. The molecular weight excluding hydrogens is 414 g/mol. The van der Waals surface area contributed by atoms with Gasteiger partial charge in [0.1, 0.15) is 18.2 Å². The fraction of sp³-hybridized carbons (Fsp3) is 0.455. The number of hydrogen-bond donors (Lipinski definition) is 2. The van der Waals surface area contributed by atoms with Gasteiger partial charge in [0, 0.05) is 50.3 Å². The zero-order chi connectivity index (χ0) is 23.1. The summed E-state index contributed by atoms with van der Waals surface area (Å²) in [5.74, 6) is 0.950. The van der Waals surface area contributed by atoms with Gasteiger partial charge in [0.2, 0.25) is 11.8 Å². The van der Waals surface area contributed by atoms with Gasteiger partial charge in [0.15, 0.2) is 0 Å². The van der Waals surface area contributed by atoms with Crippen molar-refractivity contribution in [2.45, 2.75) is 52.7 Å². The third-order valence-corrected chi connectivity index (χ3v) is 4.68. The first-order valence-corrected chi connectivity index (χ1v) is 10.6. The van der Waals surface area contributed by atoms with Crippen molar-refractivity contribution < 1.29 is 23.9 Å². The summed E-state index contributed by atoms with van der Waals surface area (Å²) in [5, 5.41) is 7.60. The molecule has 2 heterocycles. The number of piperidine rings is 1. The molecule has 0 unspecified atom stereocenters. The lowest BCUT2D eigenvalue weighted by atomic mass is 10.1. The summed E-state index contributed by atoms with van der Waals surface area (Å²) in [7, 11) is 0. The summed E-state index contributed by atoms with van der Waals surface area (Å²) in [6.07, 6.45) is 1.86. The molecule has 172 valence electrons. The van der Waals surface area contributed by atoms with Gasteiger partial charge in [-0.2, -0.15) is 0 Å². The minimum absolute atomic E-state index is 0.0436. The molecule has 2 aromatic rings. The van der Waals surface area contributed by atoms with Crippen molar-refractivity contribution in [1.82, 2.24) is 15.0 Å². The topological polar surface area (TPSA) is 115 Å². The van der Waals surface area contributed by atoms with Gasteiger partial charge in [-0.1, -0.05) is 0 Å². The molecule has 1 amide bonds. The molecule has 1 aromatic carbocycles. The van der Waals surface area contributed by atoms with Crippen LogP contribution in [0.3, 0.4) is 0 Å². The molecule has 3 rings (SSSR count). The number of amides is 1. The van der Waals surface area contributed by atoms with Crippen LogP contribution in [0.25, 0.3) is 0 Å². The molecule has 1 saturated heterocycles. The number of aryl methyl sites for hydroxylation is 1. The van der Waals surface area contributed by atoms with Gasteiger partial charge in [-0.15, -0.1) is 5.06 Å². The van der Waals surface area contributed by atoms with Crippen LogP contribution in [0.5, 0.6) is 5.88 Å². The predicted octanol–water partition coefficient (Wildman–Crippen LogP) is 3.81. The number of ether oxygens (including phenoxy) is 2. The molecule has 0 atom stereocenters. The van der Waals surface area contributed by atoms with E-state index in [9.17, 15) is 9.59 Å². The molecule has 2 N–H and O–H groups in total. The molecule has 0 saturated carbocycles. The molecule has 1 aliphatic heterocycles. The van der Waals surface area contributed by atoms with Gasteiger partial charge >= 0.3 is 6.16 Å². The molecular formula is C22H29N5O5. The van der Waals surface area contributed by atoms with Crippen molar-refractivity contribution in [3.05, 3.63) is 36.2 Å². The second-order valence-corrected chi connectivity index (χ2v) is 7.83. The van der Waals surface area contributed by atoms with Crippen LogP contribution in [0, 0.1) is 6.92 Å². The number of hydrogen-bond acceptors (Lipinski definition) is 9. The smallest absolute Gasteiger partial charge is 0.474 e. The van der Waals surface area contributed by atoms with Gasteiger partial charge < -0.3 is 24.9 Å². The number of nitrogens with zero attached hydrogens (tertiary/aromatic N) is 3. The minimum Gasteiger partial charge on any atom is -0.474 e. The maximum absolute atomic E-state index is 11.6. The number of anilines is 3. The van der Waals surface area contributed by atoms with Crippen molar-refractivity contribution in [3.8, 4) is 5.88 Å². The Kier molecular flexibility index (Phi) is 7.82. The summed E-state index contributed by atoms with van der Waals surface area (Å²) in [4.78, 5) is 36.5. The third kappa shape index (κ3) is 7.09. The van der Waals surface area contributed by atoms with Crippen molar-refractivity contribution in [2.24, 2.45) is 0 Å². The average Bonchev–Trinajstić information content (AvgIpc) is 2.71. The highest BCUT2D eigenvalue weighted by atomic mass is 16.8. The second kappa shape index (κ2) is 10.8. The zero-order valence-electron chi connectivity index (χ0n) is 18.8. The van der Waals surface area contributed by atoms with E-state index in [4.69, 9.17) is 14.3 Å². The monoisotopic (exact) mass is 443 g/mol. The van der Waals surface area contributed by atoms with Crippen LogP contribution in [-0.2, 0) is 14.4 Å². The van der Waals surface area contributed by atoms with Crippen molar-refractivity contribution in [1.29, 1.82) is 0 Å². The van der Waals surface area contributed by atoms with E-state index >= 15 is 0 Å². The molecule has 1 aliphatic rings. The van der Waals surface area contributed by atoms with Gasteiger partial charge in [0.05, 0.1) is 6.10 Å². The van der Waals surface area contributed by atoms with E-state index in [0.717, 1.165) is 16.9 Å². The van der Waals surface area contributed by atoms with Crippen LogP contribution in [0.1, 0.15) is 39.2 Å². The highest BCUT2D eigenvalue weighted by molar-refractivity contribution is 5.89. The van der Waals surface area contributed by atoms with Gasteiger partial charge in [0.25, 0.3) is 0 Å². The minimum atomic E-state index is -0.689. The highest BCUT2D eigenvalue weighted by Gasteiger charge is 2.24. The highest BCUT2D eigenvalue weighted by Crippen LogP contribution is 2.24. The molecule has 32 heavy (non-hydrogen) atoms. The van der Waals surface area contributed by atoms with Crippen molar-refractivity contribution in [2.75, 3.05) is 23.7 Å². The Morgan fingerprint density at radius 2 is 1.91 bits per heavy atom. The lowest BCUT2D eigenvalue weighted by Gasteiger charge is -2.30. The number of carbonyl (C=O) groups excluding carboxylic acids is 2. The fourth-order valence-corrected chi connectivity index (χ4v) is 3.22. The Morgan fingerprint density at radius 3 is 2.56 bits per heavy atom. The first-order valence-electron chi connectivity index (χ1n) is 10.6. The quantitative estimate of drug-likeness (QED) is 0.616. The van der Waals surface area contributed by atoms with Crippen LogP contribution < -0.4 is 15.4 Å². The number of aromatic nitrogens is 2. The summed E-state index contributed by atoms with van der Waals surface area (Å²) in [6, 6.07) is 7.36. The summed E-state index contributed by atoms with van der Waals surface area (Å²) in [5.41, 5.74) is 2.53. The maximum atomic E-state index is 11.6. The molecule has 10 nitrogen and oxygen atoms in total. The van der Waals surface area contributed by atoms with Crippen LogP contribution >= 0.6 is 0 Å². The Labute approximate surface area is 187 Å². The van der Waals surface area contributed by atoms with Crippen molar-refractivity contribution in [3.63, 3.8) is 0 Å². The van der Waals surface area contributed by atoms with Gasteiger partial charge in [-0.3, -0.25) is 4.79 Å². The van der Waals surface area contributed by atoms with Crippen LogP contribution in [0.4, 0.5) is 22.0 Å². The fourth-order valence-electron chi connectivity index (χ4n) is 3.22. The lowest BCUT2D eigenvalue weighted by Crippen LogP contribution is -2.40. The van der Waals surface area contributed by atoms with E-state index in [1.807, 2.05) is 25.1 Å². The molecule has 1 fully saturated rings. The number of carbonyl (C=O) groups is 2. The Morgan fingerprint density at radius 1 is 1.16 bits per heavy atom. The van der Waals surface area contributed by atoms with E-state index in [1.54, 1.807) is 25.0 Å². The second-order valence-electron chi connectivity index (χ2n) is 7.83. The normalized spacial score (nSPS) is 14.7. The average molecular weight is 444 g/mol. The molecule has 0 bridgehead atoms. The van der Waals surface area contributed by atoms with E-state index in [1.165, 1.54) is 13.3 Å². The Bertz CT molecular complexity index is 944. The number of benzene rings is 1. The SMILES string of the molecule is CC(=O)Nc1ccc(Nc2cc(OC3CCN(OC(=O)OC(C)C)CC3)ncn2)cc1C. The maximum Gasteiger partial charge on any atom is 0.528 e. The molecule has 10 heteroatoms. The first-order chi connectivity index (χ1) is 15.3. The largest absolute Gasteiger partial charge is 0.528 e. The lowest BCUT2D eigenvalue weighted by molar-refractivity contribution is -0.151. The number of hydroxylamine groups is 2. The van der Waals surface area contributed by atoms with Crippen molar-refractivity contribution >= 4 is 29.3 Å². The van der Waals surface area contributed by atoms with Crippen LogP contribution in [0.15, 0.2) is 30.6 Å². The van der Waals surface area contributed by atoms with Gasteiger partial charge in [-0.25, -0.2) is 14.8 Å². The molecule has 0 spiro atoms. The molecule has 0 aliphatic carbocycles. The molecule has 1 aromatic heterocycles. The van der Waals surface area contributed by atoms with Gasteiger partial charge in [-0.05, 0) is 44.5 Å². The van der Waals surface area contributed by atoms with E-state index < -0.39 is 6.16 Å². The standard InChI is InChI=1S/C22H29N5O5/c1-14(2)30-22(29)32-27-9-7-18(8-10-27)31-21-12-20(23-13-24-21)26-17-5-6-19(15(3)11-17)25-16(4)28/h5-6,11-14,18H,7-10H2,1-4H3,(H,25,28)(H,23,24,26). The number of nitrogens with one attached hydrogen (secondary N) is 2. The van der Waals surface area contributed by atoms with E-state index in [0.29, 0.717) is 37.6 Å². The summed E-state index contributed by atoms with van der Waals surface area (Å²) in [6.45, 7) is 8.04. The Balaban J connectivity index is 1.52.